The maximum absolute atomic E-state index is 5.44. The van der Waals surface area contributed by atoms with E-state index in [2.05, 4.69) is 52.7 Å². The zero-order valence-corrected chi connectivity index (χ0v) is 33.1. The fraction of sp³-hybridized carbons (Fsp3) is 0.927. The first-order valence-corrected chi connectivity index (χ1v) is 21.4. The number of anilines is 2. The molecule has 47 heavy (non-hydrogen) atoms. The van der Waals surface area contributed by atoms with Gasteiger partial charge in [-0.2, -0.15) is 9.97 Å². The van der Waals surface area contributed by atoms with E-state index in [4.69, 9.17) is 12.2 Å². The number of H-pyrrole nitrogens is 1. The highest BCUT2D eigenvalue weighted by Gasteiger charge is 2.09. The summed E-state index contributed by atoms with van der Waals surface area (Å²) in [7, 11) is 4.25. The Balaban J connectivity index is 2.03. The van der Waals surface area contributed by atoms with E-state index in [0.29, 0.717) is 4.77 Å². The van der Waals surface area contributed by atoms with Crippen molar-refractivity contribution in [3.8, 4) is 0 Å². The van der Waals surface area contributed by atoms with Crippen LogP contribution in [0.15, 0.2) is 0 Å². The molecule has 0 spiro atoms. The molecule has 1 N–H and O–H groups in total. The highest BCUT2D eigenvalue weighted by atomic mass is 32.1. The van der Waals surface area contributed by atoms with Crippen LogP contribution in [0.25, 0.3) is 0 Å². The lowest BCUT2D eigenvalue weighted by Gasteiger charge is -2.22. The van der Waals surface area contributed by atoms with Crippen LogP contribution in [0, 0.1) is 4.77 Å². The van der Waals surface area contributed by atoms with Crippen LogP contribution in [0.5, 0.6) is 0 Å². The molecule has 1 heterocycles. The molecule has 0 amide bonds. The fourth-order valence-electron chi connectivity index (χ4n) is 6.73. The largest absolute Gasteiger partial charge is 0.345 e. The normalized spacial score (nSPS) is 11.4. The van der Waals surface area contributed by atoms with E-state index in [0.717, 1.165) is 25.0 Å². The Kier molecular flexibility index (Phi) is 31.1. The first-order chi connectivity index (χ1) is 23.1. The molecule has 0 aliphatic rings. The maximum atomic E-state index is 5.44. The van der Waals surface area contributed by atoms with Gasteiger partial charge in [0.2, 0.25) is 16.7 Å². The number of nitrogens with zero attached hydrogens (tertiary/aromatic N) is 4. The molecular formula is C41H81N5S. The topological polar surface area (TPSA) is 48.1 Å². The molecule has 5 nitrogen and oxygen atoms in total. The predicted molar refractivity (Wildman–Crippen MR) is 213 cm³/mol. The molecule has 6 heteroatoms. The summed E-state index contributed by atoms with van der Waals surface area (Å²) < 4.78 is 0.436. The quantitative estimate of drug-likeness (QED) is 0.0566. The van der Waals surface area contributed by atoms with Crippen molar-refractivity contribution in [3.05, 3.63) is 4.77 Å². The number of aromatic nitrogens is 3. The summed E-state index contributed by atoms with van der Waals surface area (Å²) in [6.07, 6.45) is 44.8. The van der Waals surface area contributed by atoms with E-state index in [1.165, 1.54) is 205 Å². The molecule has 276 valence electrons. The van der Waals surface area contributed by atoms with Gasteiger partial charge in [0.25, 0.3) is 0 Å². The molecule has 0 unspecified atom stereocenters. The summed E-state index contributed by atoms with van der Waals surface area (Å²) in [5.74, 6) is 1.69. The van der Waals surface area contributed by atoms with Crippen LogP contribution in [0.4, 0.5) is 11.9 Å². The molecule has 0 fully saturated rings. The van der Waals surface area contributed by atoms with Crippen molar-refractivity contribution >= 4 is 24.1 Å². The summed E-state index contributed by atoms with van der Waals surface area (Å²) in [5.41, 5.74) is 0. The number of aromatic amines is 1. The lowest BCUT2D eigenvalue weighted by molar-refractivity contribution is 0.529. The number of nitrogens with one attached hydrogen (secondary N) is 1. The van der Waals surface area contributed by atoms with Gasteiger partial charge in [0, 0.05) is 27.2 Å². The Labute approximate surface area is 299 Å². The van der Waals surface area contributed by atoms with E-state index in [9.17, 15) is 0 Å². The maximum Gasteiger partial charge on any atom is 0.225 e. The van der Waals surface area contributed by atoms with Crippen LogP contribution in [0.3, 0.4) is 0 Å². The summed E-state index contributed by atoms with van der Waals surface area (Å²) in [5, 5.41) is 0. The standard InChI is InChI=1S/C41H81N5S/c1-5-7-9-11-13-15-17-19-21-23-25-27-29-31-33-35-37-45(3)39-42-40(44-41(47)43-39)46(4)38-36-34-32-30-28-26-24-22-20-18-16-14-12-10-8-6-2/h5-38H2,1-4H3,(H,42,43,44,47). The molecule has 0 atom stereocenters. The van der Waals surface area contributed by atoms with E-state index in [1.807, 2.05) is 0 Å². The van der Waals surface area contributed by atoms with Gasteiger partial charge >= 0.3 is 0 Å². The Bertz CT molecular complexity index is 780. The number of hydrogen-bond donors (Lipinski definition) is 1. The van der Waals surface area contributed by atoms with Gasteiger partial charge in [-0.1, -0.05) is 206 Å². The third-order valence-corrected chi connectivity index (χ3v) is 10.2. The molecule has 0 aliphatic heterocycles. The molecule has 0 aliphatic carbocycles. The average molecular weight is 676 g/mol. The van der Waals surface area contributed by atoms with Crippen molar-refractivity contribution in [1.29, 1.82) is 0 Å². The molecule has 0 bridgehead atoms. The third-order valence-electron chi connectivity index (χ3n) is 10.0. The fourth-order valence-corrected chi connectivity index (χ4v) is 6.90. The molecule has 1 rings (SSSR count). The van der Waals surface area contributed by atoms with Gasteiger partial charge in [-0.15, -0.1) is 0 Å². The van der Waals surface area contributed by atoms with Gasteiger partial charge < -0.3 is 9.80 Å². The SMILES string of the molecule is CCCCCCCCCCCCCCCCCCN(C)c1nc(=S)nc(N(C)CCCCCCCCCCCCCCCCCC)[nH]1. The van der Waals surface area contributed by atoms with Gasteiger partial charge in [0.15, 0.2) is 0 Å². The van der Waals surface area contributed by atoms with Crippen LogP contribution in [0.1, 0.15) is 219 Å². The lowest BCUT2D eigenvalue weighted by atomic mass is 10.0. The minimum atomic E-state index is 0.436. The number of rotatable bonds is 36. The van der Waals surface area contributed by atoms with Crippen molar-refractivity contribution < 1.29 is 0 Å². The molecule has 0 saturated carbocycles. The number of unbranched alkanes of at least 4 members (excludes halogenated alkanes) is 30. The Morgan fingerprint density at radius 1 is 0.383 bits per heavy atom. The molecule has 0 radical (unpaired) electrons. The first-order valence-electron chi connectivity index (χ1n) is 21.0. The van der Waals surface area contributed by atoms with Crippen LogP contribution in [0.2, 0.25) is 0 Å². The van der Waals surface area contributed by atoms with Crippen molar-refractivity contribution in [2.24, 2.45) is 0 Å². The van der Waals surface area contributed by atoms with E-state index < -0.39 is 0 Å². The molecule has 0 aromatic carbocycles. The van der Waals surface area contributed by atoms with E-state index in [1.54, 1.807) is 0 Å². The van der Waals surface area contributed by atoms with Crippen molar-refractivity contribution in [1.82, 2.24) is 15.0 Å². The van der Waals surface area contributed by atoms with Crippen LogP contribution >= 0.6 is 12.2 Å². The van der Waals surface area contributed by atoms with Gasteiger partial charge in [-0.25, -0.2) is 0 Å². The second kappa shape index (κ2) is 33.3. The minimum Gasteiger partial charge on any atom is -0.345 e. The zero-order chi connectivity index (χ0) is 34.0. The van der Waals surface area contributed by atoms with E-state index >= 15 is 0 Å². The van der Waals surface area contributed by atoms with E-state index in [-0.39, 0.29) is 0 Å². The zero-order valence-electron chi connectivity index (χ0n) is 32.2. The second-order valence-electron chi connectivity index (χ2n) is 14.7. The van der Waals surface area contributed by atoms with Gasteiger partial charge in [0.05, 0.1) is 0 Å². The van der Waals surface area contributed by atoms with Gasteiger partial charge in [-0.05, 0) is 25.1 Å². The smallest absolute Gasteiger partial charge is 0.225 e. The lowest BCUT2D eigenvalue weighted by Crippen LogP contribution is -2.25. The minimum absolute atomic E-state index is 0.436. The third kappa shape index (κ3) is 27.4. The molecule has 1 aromatic heterocycles. The van der Waals surface area contributed by atoms with Crippen molar-refractivity contribution in [2.45, 2.75) is 219 Å². The van der Waals surface area contributed by atoms with Crippen molar-refractivity contribution in [2.75, 3.05) is 37.0 Å². The second-order valence-corrected chi connectivity index (χ2v) is 15.1. The molecular weight excluding hydrogens is 595 g/mol. The monoisotopic (exact) mass is 676 g/mol. The Morgan fingerprint density at radius 2 is 0.596 bits per heavy atom. The Morgan fingerprint density at radius 3 is 0.830 bits per heavy atom. The summed E-state index contributed by atoms with van der Waals surface area (Å²) in [4.78, 5) is 17.0. The van der Waals surface area contributed by atoms with Crippen molar-refractivity contribution in [3.63, 3.8) is 0 Å². The highest BCUT2D eigenvalue weighted by Crippen LogP contribution is 2.17. The molecule has 1 aromatic rings. The number of hydrogen-bond acceptors (Lipinski definition) is 5. The molecule has 0 saturated heterocycles. The van der Waals surface area contributed by atoms with Gasteiger partial charge in [0.1, 0.15) is 0 Å². The highest BCUT2D eigenvalue weighted by molar-refractivity contribution is 7.71. The first kappa shape index (κ1) is 43.9. The van der Waals surface area contributed by atoms with Gasteiger partial charge in [-0.3, -0.25) is 4.98 Å². The predicted octanol–water partition coefficient (Wildman–Crippen LogP) is 13.9. The summed E-state index contributed by atoms with van der Waals surface area (Å²) in [6, 6.07) is 0. The Hall–Kier alpha value is -1.17. The van der Waals surface area contributed by atoms with Crippen LogP contribution < -0.4 is 9.80 Å². The summed E-state index contributed by atoms with van der Waals surface area (Å²) >= 11 is 5.44. The van der Waals surface area contributed by atoms with Crippen LogP contribution in [-0.2, 0) is 0 Å². The summed E-state index contributed by atoms with van der Waals surface area (Å²) in [6.45, 7) is 6.60. The van der Waals surface area contributed by atoms with Crippen LogP contribution in [-0.4, -0.2) is 42.1 Å². The average Bonchev–Trinajstić information content (AvgIpc) is 3.07.